The van der Waals surface area contributed by atoms with Crippen LogP contribution in [0.4, 0.5) is 0 Å². The Hall–Kier alpha value is -0.860. The molecule has 2 heteroatoms. The maximum absolute atomic E-state index is 5.70. The molecule has 1 N–H and O–H groups in total. The van der Waals surface area contributed by atoms with Crippen molar-refractivity contribution in [2.75, 3.05) is 19.7 Å². The van der Waals surface area contributed by atoms with E-state index in [0.29, 0.717) is 6.10 Å². The number of rotatable bonds is 3. The van der Waals surface area contributed by atoms with Gasteiger partial charge in [0, 0.05) is 6.61 Å². The molecule has 2 unspecified atom stereocenters. The Kier molecular flexibility index (Phi) is 3.44. The number of hydrogen-bond acceptors (Lipinski definition) is 2. The summed E-state index contributed by atoms with van der Waals surface area (Å²) in [6.07, 6.45) is 5.30. The van der Waals surface area contributed by atoms with E-state index in [2.05, 4.69) is 29.6 Å². The molecule has 0 saturated carbocycles. The van der Waals surface area contributed by atoms with E-state index in [9.17, 15) is 0 Å². The van der Waals surface area contributed by atoms with Gasteiger partial charge in [-0.3, -0.25) is 0 Å². The zero-order valence-electron chi connectivity index (χ0n) is 10.3. The van der Waals surface area contributed by atoms with Crippen LogP contribution in [-0.2, 0) is 11.2 Å². The average Bonchev–Trinajstić information content (AvgIpc) is 3.01. The molecule has 0 spiro atoms. The first-order valence-electron chi connectivity index (χ1n) is 6.83. The van der Waals surface area contributed by atoms with Crippen LogP contribution in [-0.4, -0.2) is 19.7 Å². The number of benzene rings is 1. The number of nitrogens with one attached hydrogen (secondary N) is 1. The zero-order chi connectivity index (χ0) is 11.5. The fourth-order valence-electron chi connectivity index (χ4n) is 2.93. The van der Waals surface area contributed by atoms with E-state index < -0.39 is 0 Å². The van der Waals surface area contributed by atoms with Gasteiger partial charge in [0.1, 0.15) is 0 Å². The van der Waals surface area contributed by atoms with Gasteiger partial charge in [0.15, 0.2) is 0 Å². The molecule has 17 heavy (non-hydrogen) atoms. The quantitative estimate of drug-likeness (QED) is 0.863. The predicted octanol–water partition coefficient (Wildman–Crippen LogP) is 2.69. The second-order valence-corrected chi connectivity index (χ2v) is 5.31. The minimum atomic E-state index is 0.359. The van der Waals surface area contributed by atoms with E-state index in [0.717, 1.165) is 12.5 Å². The second kappa shape index (κ2) is 5.19. The molecule has 2 saturated heterocycles. The van der Waals surface area contributed by atoms with E-state index in [4.69, 9.17) is 4.74 Å². The van der Waals surface area contributed by atoms with Gasteiger partial charge in [-0.2, -0.15) is 0 Å². The Labute approximate surface area is 103 Å². The molecule has 0 amide bonds. The lowest BCUT2D eigenvalue weighted by atomic mass is 9.97. The molecule has 2 aliphatic rings. The van der Waals surface area contributed by atoms with Gasteiger partial charge in [0.25, 0.3) is 0 Å². The van der Waals surface area contributed by atoms with Crippen LogP contribution in [0.25, 0.3) is 0 Å². The number of hydrogen-bond donors (Lipinski definition) is 1. The summed E-state index contributed by atoms with van der Waals surface area (Å²) >= 11 is 0. The molecule has 0 bridgehead atoms. The molecule has 0 aliphatic carbocycles. The Bertz CT molecular complexity index is 348. The van der Waals surface area contributed by atoms with Gasteiger partial charge in [-0.05, 0) is 55.8 Å². The molecule has 2 atom stereocenters. The van der Waals surface area contributed by atoms with Crippen LogP contribution in [0.3, 0.4) is 0 Å². The standard InChI is InChI=1S/C15H21NO/c1-2-15(17-9-1)14-5-3-12(4-6-14)10-13-7-8-16-11-13/h3-6,13,15-16H,1-2,7-11H2. The van der Waals surface area contributed by atoms with Gasteiger partial charge in [0.2, 0.25) is 0 Å². The minimum Gasteiger partial charge on any atom is -0.374 e. The number of ether oxygens (including phenoxy) is 1. The maximum Gasteiger partial charge on any atom is 0.0825 e. The fraction of sp³-hybridized carbons (Fsp3) is 0.600. The van der Waals surface area contributed by atoms with E-state index in [1.54, 1.807) is 0 Å². The van der Waals surface area contributed by atoms with Crippen LogP contribution in [0.2, 0.25) is 0 Å². The summed E-state index contributed by atoms with van der Waals surface area (Å²) in [5.74, 6) is 0.837. The maximum atomic E-state index is 5.70. The highest BCUT2D eigenvalue weighted by Gasteiger charge is 2.18. The van der Waals surface area contributed by atoms with Crippen molar-refractivity contribution in [1.82, 2.24) is 5.32 Å². The van der Waals surface area contributed by atoms with Crippen molar-refractivity contribution >= 4 is 0 Å². The van der Waals surface area contributed by atoms with Crippen molar-refractivity contribution in [3.63, 3.8) is 0 Å². The van der Waals surface area contributed by atoms with E-state index in [1.165, 1.54) is 49.9 Å². The second-order valence-electron chi connectivity index (χ2n) is 5.31. The highest BCUT2D eigenvalue weighted by atomic mass is 16.5. The summed E-state index contributed by atoms with van der Waals surface area (Å²) < 4.78 is 5.70. The Balaban J connectivity index is 1.62. The molecule has 0 aromatic heterocycles. The molecule has 1 aromatic rings. The summed E-state index contributed by atoms with van der Waals surface area (Å²) in [5, 5.41) is 3.43. The van der Waals surface area contributed by atoms with Gasteiger partial charge in [0.05, 0.1) is 6.10 Å². The molecular formula is C15H21NO. The Morgan fingerprint density at radius 3 is 2.71 bits per heavy atom. The monoisotopic (exact) mass is 231 g/mol. The molecule has 92 valence electrons. The van der Waals surface area contributed by atoms with Crippen LogP contribution >= 0.6 is 0 Å². The third-order valence-corrected chi connectivity index (χ3v) is 3.97. The van der Waals surface area contributed by atoms with E-state index >= 15 is 0 Å². The Morgan fingerprint density at radius 2 is 2.06 bits per heavy atom. The first kappa shape index (κ1) is 11.2. The molecule has 2 heterocycles. The molecule has 2 aliphatic heterocycles. The summed E-state index contributed by atoms with van der Waals surface area (Å²) in [7, 11) is 0. The summed E-state index contributed by atoms with van der Waals surface area (Å²) in [5.41, 5.74) is 2.83. The smallest absolute Gasteiger partial charge is 0.0825 e. The lowest BCUT2D eigenvalue weighted by molar-refractivity contribution is 0.112. The molecule has 2 nitrogen and oxygen atoms in total. The first-order chi connectivity index (χ1) is 8.42. The fourth-order valence-corrected chi connectivity index (χ4v) is 2.93. The summed E-state index contributed by atoms with van der Waals surface area (Å²) in [6, 6.07) is 9.09. The van der Waals surface area contributed by atoms with Gasteiger partial charge in [-0.15, -0.1) is 0 Å². The summed E-state index contributed by atoms with van der Waals surface area (Å²) in [6.45, 7) is 3.31. The topological polar surface area (TPSA) is 21.3 Å². The SMILES string of the molecule is c1cc(C2CCCO2)ccc1CC1CCNC1. The van der Waals surface area contributed by atoms with Crippen LogP contribution in [0.5, 0.6) is 0 Å². The normalized spacial score (nSPS) is 28.7. The third kappa shape index (κ3) is 2.70. The van der Waals surface area contributed by atoms with Crippen molar-refractivity contribution in [3.05, 3.63) is 35.4 Å². The minimum absolute atomic E-state index is 0.359. The largest absolute Gasteiger partial charge is 0.374 e. The first-order valence-corrected chi connectivity index (χ1v) is 6.83. The zero-order valence-corrected chi connectivity index (χ0v) is 10.3. The molecular weight excluding hydrogens is 210 g/mol. The summed E-state index contributed by atoms with van der Waals surface area (Å²) in [4.78, 5) is 0. The van der Waals surface area contributed by atoms with Crippen molar-refractivity contribution in [1.29, 1.82) is 0 Å². The lowest BCUT2D eigenvalue weighted by Crippen LogP contribution is -2.10. The predicted molar refractivity (Wildman–Crippen MR) is 69.0 cm³/mol. The van der Waals surface area contributed by atoms with Crippen LogP contribution in [0.15, 0.2) is 24.3 Å². The van der Waals surface area contributed by atoms with Crippen molar-refractivity contribution in [3.8, 4) is 0 Å². The molecule has 2 fully saturated rings. The molecule has 0 radical (unpaired) electrons. The van der Waals surface area contributed by atoms with Crippen molar-refractivity contribution < 1.29 is 4.74 Å². The third-order valence-electron chi connectivity index (χ3n) is 3.97. The van der Waals surface area contributed by atoms with Crippen molar-refractivity contribution in [2.45, 2.75) is 31.8 Å². The van der Waals surface area contributed by atoms with Crippen LogP contribution in [0.1, 0.15) is 36.5 Å². The van der Waals surface area contributed by atoms with Crippen molar-refractivity contribution in [2.24, 2.45) is 5.92 Å². The van der Waals surface area contributed by atoms with Gasteiger partial charge in [-0.25, -0.2) is 0 Å². The van der Waals surface area contributed by atoms with Gasteiger partial charge >= 0.3 is 0 Å². The highest BCUT2D eigenvalue weighted by Crippen LogP contribution is 2.28. The molecule has 1 aromatic carbocycles. The lowest BCUT2D eigenvalue weighted by Gasteiger charge is -2.12. The van der Waals surface area contributed by atoms with E-state index in [1.807, 2.05) is 0 Å². The average molecular weight is 231 g/mol. The van der Waals surface area contributed by atoms with Gasteiger partial charge < -0.3 is 10.1 Å². The van der Waals surface area contributed by atoms with Gasteiger partial charge in [-0.1, -0.05) is 24.3 Å². The molecule has 3 rings (SSSR count). The van der Waals surface area contributed by atoms with Crippen LogP contribution in [0, 0.1) is 5.92 Å². The Morgan fingerprint density at radius 1 is 1.18 bits per heavy atom. The van der Waals surface area contributed by atoms with E-state index in [-0.39, 0.29) is 0 Å². The van der Waals surface area contributed by atoms with Crippen LogP contribution < -0.4 is 5.32 Å². The highest BCUT2D eigenvalue weighted by molar-refractivity contribution is 5.25.